The third-order valence-corrected chi connectivity index (χ3v) is 1.97. The molecule has 0 fully saturated rings. The van der Waals surface area contributed by atoms with E-state index in [0.29, 0.717) is 0 Å². The van der Waals surface area contributed by atoms with Crippen molar-refractivity contribution < 1.29 is 0 Å². The largest absolute Gasteiger partial charge is 0.383 e. The van der Waals surface area contributed by atoms with Gasteiger partial charge in [0.05, 0.1) is 0 Å². The van der Waals surface area contributed by atoms with Crippen LogP contribution in [0.15, 0.2) is 47.1 Å². The van der Waals surface area contributed by atoms with Gasteiger partial charge in [0.15, 0.2) is 0 Å². The number of nitrogens with zero attached hydrogens (tertiary/aromatic N) is 2. The lowest BCUT2D eigenvalue weighted by atomic mass is 10.1. The molecule has 0 N–H and O–H groups in total. The summed E-state index contributed by atoms with van der Waals surface area (Å²) in [6.45, 7) is 0. The van der Waals surface area contributed by atoms with Crippen molar-refractivity contribution in [3.8, 4) is 0 Å². The maximum Gasteiger partial charge on any atom is 0.0277 e. The fourth-order valence-corrected chi connectivity index (χ4v) is 1.45. The maximum absolute atomic E-state index is 4.07. The number of aliphatic imine (C=N–C) groups is 1. The van der Waals surface area contributed by atoms with Crippen molar-refractivity contribution in [3.63, 3.8) is 0 Å². The Hall–Kier alpha value is -1.57. The summed E-state index contributed by atoms with van der Waals surface area (Å²) >= 11 is 0. The lowest BCUT2D eigenvalue weighted by molar-refractivity contribution is 0.559. The van der Waals surface area contributed by atoms with Crippen LogP contribution in [0.2, 0.25) is 0 Å². The number of benzene rings is 1. The van der Waals surface area contributed by atoms with E-state index in [1.54, 1.807) is 7.05 Å². The molecule has 0 aromatic heterocycles. The minimum Gasteiger partial charge on any atom is -0.383 e. The van der Waals surface area contributed by atoms with Crippen LogP contribution in [0.1, 0.15) is 5.56 Å². The first-order valence-electron chi connectivity index (χ1n) is 5.05. The van der Waals surface area contributed by atoms with Crippen molar-refractivity contribution in [1.82, 2.24) is 4.90 Å². The van der Waals surface area contributed by atoms with Crippen molar-refractivity contribution in [2.75, 3.05) is 21.1 Å². The van der Waals surface area contributed by atoms with Crippen molar-refractivity contribution in [3.05, 3.63) is 47.7 Å². The smallest absolute Gasteiger partial charge is 0.0277 e. The van der Waals surface area contributed by atoms with Gasteiger partial charge < -0.3 is 4.90 Å². The summed E-state index contributed by atoms with van der Waals surface area (Å²) in [6, 6.07) is 10.4. The molecular weight excluding hydrogens is 184 g/mol. The van der Waals surface area contributed by atoms with Crippen LogP contribution in [-0.2, 0) is 6.42 Å². The second kappa shape index (κ2) is 6.02. The summed E-state index contributed by atoms with van der Waals surface area (Å²) in [6.07, 6.45) is 4.93. The third kappa shape index (κ3) is 4.45. The van der Waals surface area contributed by atoms with E-state index in [1.165, 1.54) is 11.1 Å². The van der Waals surface area contributed by atoms with E-state index >= 15 is 0 Å². The molecule has 0 saturated carbocycles. The zero-order chi connectivity index (χ0) is 11.1. The van der Waals surface area contributed by atoms with Crippen LogP contribution in [0, 0.1) is 0 Å². The lowest BCUT2D eigenvalue weighted by Gasteiger charge is -2.08. The highest BCUT2D eigenvalue weighted by Gasteiger charge is 1.96. The Morgan fingerprint density at radius 3 is 2.47 bits per heavy atom. The van der Waals surface area contributed by atoms with Crippen molar-refractivity contribution in [2.24, 2.45) is 4.99 Å². The van der Waals surface area contributed by atoms with Gasteiger partial charge in [0.2, 0.25) is 0 Å². The number of rotatable bonds is 4. The van der Waals surface area contributed by atoms with E-state index in [-0.39, 0.29) is 0 Å². The Balaban J connectivity index is 2.76. The normalized spacial score (nSPS) is 12.1. The highest BCUT2D eigenvalue weighted by Crippen LogP contribution is 2.06. The van der Waals surface area contributed by atoms with Crippen LogP contribution in [0.25, 0.3) is 0 Å². The summed E-state index contributed by atoms with van der Waals surface area (Å²) in [5.74, 6) is 0. The Morgan fingerprint density at radius 2 is 1.93 bits per heavy atom. The predicted molar refractivity (Wildman–Crippen MR) is 66.3 cm³/mol. The van der Waals surface area contributed by atoms with Gasteiger partial charge in [-0.05, 0) is 11.1 Å². The van der Waals surface area contributed by atoms with Crippen LogP contribution in [0.4, 0.5) is 0 Å². The molecular formula is C13H18N2. The van der Waals surface area contributed by atoms with Gasteiger partial charge in [-0.3, -0.25) is 4.99 Å². The van der Waals surface area contributed by atoms with Gasteiger partial charge in [-0.15, -0.1) is 0 Å². The molecule has 2 nitrogen and oxygen atoms in total. The summed E-state index contributed by atoms with van der Waals surface area (Å²) in [4.78, 5) is 6.11. The van der Waals surface area contributed by atoms with Gasteiger partial charge in [0.25, 0.3) is 0 Å². The molecule has 80 valence electrons. The first kappa shape index (κ1) is 11.5. The molecule has 1 rings (SSSR count). The van der Waals surface area contributed by atoms with Crippen LogP contribution in [-0.4, -0.2) is 32.3 Å². The van der Waals surface area contributed by atoms with Crippen LogP contribution in [0.3, 0.4) is 0 Å². The minimum atomic E-state index is 0.927. The SMILES string of the molecule is C/N=C/C(=C/N(C)C)Cc1ccccc1. The topological polar surface area (TPSA) is 15.6 Å². The molecule has 0 heterocycles. The lowest BCUT2D eigenvalue weighted by Crippen LogP contribution is -2.05. The van der Waals surface area contributed by atoms with Gasteiger partial charge in [-0.25, -0.2) is 0 Å². The van der Waals surface area contributed by atoms with Crippen molar-refractivity contribution in [1.29, 1.82) is 0 Å². The fourth-order valence-electron chi connectivity index (χ4n) is 1.45. The van der Waals surface area contributed by atoms with E-state index in [1.807, 2.05) is 31.3 Å². The first-order valence-corrected chi connectivity index (χ1v) is 5.05. The molecule has 0 amide bonds. The summed E-state index contributed by atoms with van der Waals surface area (Å²) in [7, 11) is 5.84. The second-order valence-corrected chi connectivity index (χ2v) is 3.72. The van der Waals surface area contributed by atoms with E-state index in [2.05, 4.69) is 35.5 Å². The molecule has 1 aromatic rings. The molecule has 0 bridgehead atoms. The van der Waals surface area contributed by atoms with Crippen LogP contribution >= 0.6 is 0 Å². The standard InChI is InChI=1S/C13H18N2/c1-14-10-13(11-15(2)3)9-12-7-5-4-6-8-12/h4-8,10-11H,9H2,1-3H3/b13-11+,14-10+. The van der Waals surface area contributed by atoms with Gasteiger partial charge in [-0.1, -0.05) is 30.3 Å². The van der Waals surface area contributed by atoms with Gasteiger partial charge >= 0.3 is 0 Å². The molecule has 15 heavy (non-hydrogen) atoms. The molecule has 0 atom stereocenters. The summed E-state index contributed by atoms with van der Waals surface area (Å²) in [5, 5.41) is 0. The van der Waals surface area contributed by atoms with Crippen LogP contribution in [0.5, 0.6) is 0 Å². The fraction of sp³-hybridized carbons (Fsp3) is 0.308. The molecule has 1 aromatic carbocycles. The monoisotopic (exact) mass is 202 g/mol. The molecule has 2 heteroatoms. The Bertz CT molecular complexity index is 337. The Kier molecular flexibility index (Phi) is 4.61. The number of hydrogen-bond acceptors (Lipinski definition) is 2. The summed E-state index contributed by atoms with van der Waals surface area (Å²) in [5.41, 5.74) is 2.53. The molecule has 0 aliphatic rings. The Labute approximate surface area is 92.0 Å². The Morgan fingerprint density at radius 1 is 1.27 bits per heavy atom. The van der Waals surface area contributed by atoms with Crippen LogP contribution < -0.4 is 0 Å². The van der Waals surface area contributed by atoms with E-state index in [4.69, 9.17) is 0 Å². The molecule has 0 aliphatic carbocycles. The highest BCUT2D eigenvalue weighted by molar-refractivity contribution is 5.78. The quantitative estimate of drug-likeness (QED) is 0.684. The zero-order valence-corrected chi connectivity index (χ0v) is 9.64. The predicted octanol–water partition coefficient (Wildman–Crippen LogP) is 2.38. The zero-order valence-electron chi connectivity index (χ0n) is 9.64. The van der Waals surface area contributed by atoms with Crippen molar-refractivity contribution >= 4 is 6.21 Å². The molecule has 0 unspecified atom stereocenters. The van der Waals surface area contributed by atoms with Gasteiger partial charge in [-0.2, -0.15) is 0 Å². The number of hydrogen-bond donors (Lipinski definition) is 0. The van der Waals surface area contributed by atoms with Gasteiger partial charge in [0.1, 0.15) is 0 Å². The maximum atomic E-state index is 4.07. The average molecular weight is 202 g/mol. The molecule has 0 aliphatic heterocycles. The molecule has 0 radical (unpaired) electrons. The molecule has 0 saturated heterocycles. The molecule has 0 spiro atoms. The van der Waals surface area contributed by atoms with Gasteiger partial charge in [0, 0.05) is 40.0 Å². The summed E-state index contributed by atoms with van der Waals surface area (Å²) < 4.78 is 0. The van der Waals surface area contributed by atoms with Crippen molar-refractivity contribution in [2.45, 2.75) is 6.42 Å². The highest BCUT2D eigenvalue weighted by atomic mass is 15.0. The first-order chi connectivity index (χ1) is 7.22. The van der Waals surface area contributed by atoms with E-state index < -0.39 is 0 Å². The number of allylic oxidation sites excluding steroid dienone is 1. The average Bonchev–Trinajstić information content (AvgIpc) is 2.18. The van der Waals surface area contributed by atoms with E-state index in [0.717, 1.165) is 6.42 Å². The second-order valence-electron chi connectivity index (χ2n) is 3.72. The third-order valence-electron chi connectivity index (χ3n) is 1.97. The minimum absolute atomic E-state index is 0.927. The van der Waals surface area contributed by atoms with E-state index in [9.17, 15) is 0 Å².